The zero-order chi connectivity index (χ0) is 11.4. The Morgan fingerprint density at radius 2 is 2.19 bits per heavy atom. The number of nitrogens with zero attached hydrogens (tertiary/aromatic N) is 1. The summed E-state index contributed by atoms with van der Waals surface area (Å²) in [6.07, 6.45) is 1.26. The molecule has 16 heavy (non-hydrogen) atoms. The van der Waals surface area contributed by atoms with Crippen LogP contribution in [0.3, 0.4) is 0 Å². The van der Waals surface area contributed by atoms with Crippen LogP contribution in [-0.4, -0.2) is 47.7 Å². The quantitative estimate of drug-likeness (QED) is 0.488. The lowest BCUT2D eigenvalue weighted by Gasteiger charge is -2.30. The van der Waals surface area contributed by atoms with Gasteiger partial charge < -0.3 is 14.4 Å². The van der Waals surface area contributed by atoms with Gasteiger partial charge in [0.05, 0.1) is 18.8 Å². The minimum absolute atomic E-state index is 0.0560. The van der Waals surface area contributed by atoms with Crippen molar-refractivity contribution in [3.63, 3.8) is 0 Å². The zero-order valence-corrected chi connectivity index (χ0v) is 9.38. The van der Waals surface area contributed by atoms with E-state index in [0.29, 0.717) is 6.61 Å². The van der Waals surface area contributed by atoms with Gasteiger partial charge in [-0.15, -0.1) is 0 Å². The molecule has 1 saturated carbocycles. The standard InChI is InChI=1S/C11H15NO4/c1-3-15-11(14)8-6-4-7(10-9(6)16-10)12(8)5(2)13/h6-10H,3-4H2,1-2H3/t6-,7-,8+,9-,10+/m0/s1. The van der Waals surface area contributed by atoms with Crippen LogP contribution < -0.4 is 0 Å². The second-order valence-electron chi connectivity index (χ2n) is 4.66. The average molecular weight is 225 g/mol. The molecule has 0 spiro atoms. The molecule has 0 aromatic heterocycles. The van der Waals surface area contributed by atoms with Gasteiger partial charge >= 0.3 is 5.97 Å². The third-order valence-electron chi connectivity index (χ3n) is 3.83. The van der Waals surface area contributed by atoms with Gasteiger partial charge in [0, 0.05) is 12.8 Å². The summed E-state index contributed by atoms with van der Waals surface area (Å²) in [5.74, 6) is -0.184. The smallest absolute Gasteiger partial charge is 0.329 e. The van der Waals surface area contributed by atoms with E-state index in [1.807, 2.05) is 0 Å². The molecule has 2 aliphatic heterocycles. The van der Waals surface area contributed by atoms with E-state index in [2.05, 4.69) is 0 Å². The number of ether oxygens (including phenoxy) is 2. The zero-order valence-electron chi connectivity index (χ0n) is 9.38. The van der Waals surface area contributed by atoms with Crippen molar-refractivity contribution in [2.45, 2.75) is 44.6 Å². The van der Waals surface area contributed by atoms with Gasteiger partial charge in [-0.3, -0.25) is 4.79 Å². The van der Waals surface area contributed by atoms with Crippen molar-refractivity contribution >= 4 is 11.9 Å². The van der Waals surface area contributed by atoms with E-state index in [4.69, 9.17) is 9.47 Å². The number of hydrogen-bond acceptors (Lipinski definition) is 4. The van der Waals surface area contributed by atoms with Gasteiger partial charge in [0.25, 0.3) is 0 Å². The Balaban J connectivity index is 1.85. The number of carbonyl (C=O) groups is 2. The normalized spacial score (nSPS) is 43.1. The number of esters is 1. The Kier molecular flexibility index (Phi) is 2.01. The monoisotopic (exact) mass is 225 g/mol. The second-order valence-corrected chi connectivity index (χ2v) is 4.66. The number of hydrogen-bond donors (Lipinski definition) is 0. The maximum Gasteiger partial charge on any atom is 0.329 e. The molecule has 0 aromatic carbocycles. The highest BCUT2D eigenvalue weighted by atomic mass is 16.6. The van der Waals surface area contributed by atoms with Gasteiger partial charge in [-0.2, -0.15) is 0 Å². The number of likely N-dealkylation sites (tertiary alicyclic amines) is 1. The van der Waals surface area contributed by atoms with Crippen LogP contribution in [0, 0.1) is 5.92 Å². The molecule has 0 unspecified atom stereocenters. The number of fused-ring (bicyclic) bond motifs is 5. The predicted octanol–water partition coefficient (Wildman–Crippen LogP) is -0.0639. The molecule has 3 aliphatic rings. The van der Waals surface area contributed by atoms with Crippen molar-refractivity contribution in [1.29, 1.82) is 0 Å². The average Bonchev–Trinajstić information content (AvgIpc) is 2.84. The first kappa shape index (κ1) is 10.1. The van der Waals surface area contributed by atoms with E-state index in [0.717, 1.165) is 6.42 Å². The van der Waals surface area contributed by atoms with E-state index in [1.54, 1.807) is 11.8 Å². The van der Waals surface area contributed by atoms with Crippen molar-refractivity contribution < 1.29 is 19.1 Å². The summed E-state index contributed by atoms with van der Waals surface area (Å²) >= 11 is 0. The Morgan fingerprint density at radius 3 is 2.81 bits per heavy atom. The fraction of sp³-hybridized carbons (Fsp3) is 0.818. The van der Waals surface area contributed by atoms with Crippen LogP contribution in [0.25, 0.3) is 0 Å². The number of piperidine rings is 1. The van der Waals surface area contributed by atoms with Crippen LogP contribution in [-0.2, 0) is 19.1 Å². The van der Waals surface area contributed by atoms with Gasteiger partial charge in [-0.25, -0.2) is 4.79 Å². The first-order valence-corrected chi connectivity index (χ1v) is 5.76. The van der Waals surface area contributed by atoms with E-state index in [1.165, 1.54) is 6.92 Å². The van der Waals surface area contributed by atoms with E-state index < -0.39 is 6.04 Å². The summed E-state index contributed by atoms with van der Waals surface area (Å²) in [5.41, 5.74) is 0. The van der Waals surface area contributed by atoms with Crippen LogP contribution in [0.4, 0.5) is 0 Å². The van der Waals surface area contributed by atoms with Gasteiger partial charge in [0.2, 0.25) is 5.91 Å². The molecule has 5 nitrogen and oxygen atoms in total. The molecule has 0 aromatic rings. The Hall–Kier alpha value is -1.10. The molecule has 1 aliphatic carbocycles. The number of epoxide rings is 1. The third-order valence-corrected chi connectivity index (χ3v) is 3.83. The van der Waals surface area contributed by atoms with Gasteiger partial charge in [0.1, 0.15) is 12.1 Å². The molecule has 0 N–H and O–H groups in total. The van der Waals surface area contributed by atoms with Crippen LogP contribution >= 0.6 is 0 Å². The number of carbonyl (C=O) groups excluding carboxylic acids is 2. The highest BCUT2D eigenvalue weighted by Gasteiger charge is 2.69. The Morgan fingerprint density at radius 1 is 1.44 bits per heavy atom. The molecule has 2 heterocycles. The summed E-state index contributed by atoms with van der Waals surface area (Å²) < 4.78 is 10.5. The van der Waals surface area contributed by atoms with E-state index >= 15 is 0 Å². The van der Waals surface area contributed by atoms with E-state index in [-0.39, 0.29) is 36.0 Å². The van der Waals surface area contributed by atoms with Crippen LogP contribution in [0.1, 0.15) is 20.3 Å². The third kappa shape index (κ3) is 1.15. The minimum atomic E-state index is -0.411. The summed E-state index contributed by atoms with van der Waals surface area (Å²) in [5, 5.41) is 0. The lowest BCUT2D eigenvalue weighted by atomic mass is 9.98. The molecule has 0 radical (unpaired) electrons. The first-order valence-electron chi connectivity index (χ1n) is 5.76. The molecule has 5 heteroatoms. The Labute approximate surface area is 93.7 Å². The molecule has 5 atom stereocenters. The SMILES string of the molecule is CCOC(=O)[C@H]1[C@@H]2C[C@@H]([C@H]3O[C@@H]23)N1C(C)=O. The van der Waals surface area contributed by atoms with Crippen molar-refractivity contribution in [1.82, 2.24) is 4.90 Å². The van der Waals surface area contributed by atoms with Crippen molar-refractivity contribution in [3.8, 4) is 0 Å². The molecular formula is C11H15NO4. The molecule has 2 saturated heterocycles. The second kappa shape index (κ2) is 3.20. The van der Waals surface area contributed by atoms with Crippen LogP contribution in [0.2, 0.25) is 0 Å². The van der Waals surface area contributed by atoms with Crippen molar-refractivity contribution in [2.24, 2.45) is 5.92 Å². The lowest BCUT2D eigenvalue weighted by Crippen LogP contribution is -2.51. The Bertz CT molecular complexity index is 356. The van der Waals surface area contributed by atoms with E-state index in [9.17, 15) is 9.59 Å². The molecular weight excluding hydrogens is 210 g/mol. The number of rotatable bonds is 2. The van der Waals surface area contributed by atoms with Crippen molar-refractivity contribution in [3.05, 3.63) is 0 Å². The first-order chi connectivity index (χ1) is 7.65. The largest absolute Gasteiger partial charge is 0.464 e. The summed E-state index contributed by atoms with van der Waals surface area (Å²) in [6, 6.07) is -0.312. The summed E-state index contributed by atoms with van der Waals surface area (Å²) in [7, 11) is 0. The fourth-order valence-corrected chi connectivity index (χ4v) is 3.28. The number of amides is 1. The van der Waals surface area contributed by atoms with Crippen LogP contribution in [0.15, 0.2) is 0 Å². The van der Waals surface area contributed by atoms with Crippen LogP contribution in [0.5, 0.6) is 0 Å². The fourth-order valence-electron chi connectivity index (χ4n) is 3.28. The van der Waals surface area contributed by atoms with Gasteiger partial charge in [-0.1, -0.05) is 0 Å². The maximum absolute atomic E-state index is 11.8. The molecule has 3 rings (SSSR count). The lowest BCUT2D eigenvalue weighted by molar-refractivity contribution is -0.155. The molecule has 88 valence electrons. The van der Waals surface area contributed by atoms with Gasteiger partial charge in [-0.05, 0) is 13.3 Å². The molecule has 1 amide bonds. The molecule has 2 bridgehead atoms. The summed E-state index contributed by atoms with van der Waals surface area (Å²) in [6.45, 7) is 3.64. The highest BCUT2D eigenvalue weighted by Crippen LogP contribution is 2.54. The highest BCUT2D eigenvalue weighted by molar-refractivity contribution is 5.85. The topological polar surface area (TPSA) is 59.1 Å². The van der Waals surface area contributed by atoms with Crippen molar-refractivity contribution in [2.75, 3.05) is 6.61 Å². The summed E-state index contributed by atoms with van der Waals surface area (Å²) in [4.78, 5) is 25.1. The maximum atomic E-state index is 11.8. The van der Waals surface area contributed by atoms with Gasteiger partial charge in [0.15, 0.2) is 0 Å². The molecule has 3 fully saturated rings. The minimum Gasteiger partial charge on any atom is -0.464 e. The predicted molar refractivity (Wildman–Crippen MR) is 53.5 cm³/mol.